The molecule has 3 nitrogen and oxygen atoms in total. The van der Waals surface area contributed by atoms with Gasteiger partial charge in [-0.1, -0.05) is 12.1 Å². The monoisotopic (exact) mass is 190 g/mol. The van der Waals surface area contributed by atoms with E-state index in [9.17, 15) is 4.79 Å². The van der Waals surface area contributed by atoms with E-state index in [1.54, 1.807) is 0 Å². The molecule has 2 rings (SSSR count). The normalized spacial score (nSPS) is 16.3. The van der Waals surface area contributed by atoms with Crippen LogP contribution in [0.4, 0.5) is 0 Å². The quantitative estimate of drug-likeness (QED) is 0.725. The van der Waals surface area contributed by atoms with Crippen LogP contribution in [-0.4, -0.2) is 11.9 Å². The van der Waals surface area contributed by atoms with E-state index >= 15 is 0 Å². The fourth-order valence-corrected chi connectivity index (χ4v) is 1.78. The lowest BCUT2D eigenvalue weighted by Gasteiger charge is -2.06. The summed E-state index contributed by atoms with van der Waals surface area (Å²) in [6.45, 7) is 2.64. The summed E-state index contributed by atoms with van der Waals surface area (Å²) in [5.41, 5.74) is 8.81. The summed E-state index contributed by atoms with van der Waals surface area (Å²) in [6, 6.07) is 6.09. The Labute approximate surface area is 83.3 Å². The smallest absolute Gasteiger partial charge is 0.251 e. The van der Waals surface area contributed by atoms with Crippen LogP contribution >= 0.6 is 0 Å². The molecule has 1 unspecified atom stereocenters. The van der Waals surface area contributed by atoms with E-state index in [1.165, 1.54) is 5.56 Å². The Hall–Kier alpha value is -1.35. The first kappa shape index (κ1) is 9.21. The SMILES string of the molecule is CC(N)Cc1ccc2c(c1)CNC2=O. The summed E-state index contributed by atoms with van der Waals surface area (Å²) >= 11 is 0. The third-order valence-electron chi connectivity index (χ3n) is 2.41. The number of rotatable bonds is 2. The van der Waals surface area contributed by atoms with Crippen molar-refractivity contribution in [3.63, 3.8) is 0 Å². The fourth-order valence-electron chi connectivity index (χ4n) is 1.78. The van der Waals surface area contributed by atoms with Crippen molar-refractivity contribution in [3.8, 4) is 0 Å². The van der Waals surface area contributed by atoms with Gasteiger partial charge in [0.2, 0.25) is 0 Å². The fraction of sp³-hybridized carbons (Fsp3) is 0.364. The first-order valence-electron chi connectivity index (χ1n) is 4.82. The van der Waals surface area contributed by atoms with Gasteiger partial charge in [0, 0.05) is 18.2 Å². The number of benzene rings is 1. The Bertz CT molecular complexity index is 372. The number of hydrogen-bond acceptors (Lipinski definition) is 2. The Kier molecular flexibility index (Phi) is 2.25. The highest BCUT2D eigenvalue weighted by Crippen LogP contribution is 2.17. The van der Waals surface area contributed by atoms with Crippen LogP contribution in [0.3, 0.4) is 0 Å². The Balaban J connectivity index is 2.28. The second kappa shape index (κ2) is 3.42. The van der Waals surface area contributed by atoms with Crippen LogP contribution in [0.15, 0.2) is 18.2 Å². The van der Waals surface area contributed by atoms with E-state index in [0.717, 1.165) is 17.5 Å². The van der Waals surface area contributed by atoms with Crippen molar-refractivity contribution in [1.29, 1.82) is 0 Å². The van der Waals surface area contributed by atoms with Gasteiger partial charge in [-0.3, -0.25) is 4.79 Å². The van der Waals surface area contributed by atoms with Gasteiger partial charge < -0.3 is 11.1 Å². The number of amides is 1. The van der Waals surface area contributed by atoms with E-state index in [2.05, 4.69) is 11.4 Å². The highest BCUT2D eigenvalue weighted by molar-refractivity contribution is 5.98. The topological polar surface area (TPSA) is 55.1 Å². The largest absolute Gasteiger partial charge is 0.348 e. The molecule has 1 aliphatic heterocycles. The van der Waals surface area contributed by atoms with Gasteiger partial charge in [-0.05, 0) is 30.5 Å². The maximum absolute atomic E-state index is 11.3. The molecule has 0 fully saturated rings. The number of carbonyl (C=O) groups is 1. The van der Waals surface area contributed by atoms with Crippen LogP contribution in [0.2, 0.25) is 0 Å². The van der Waals surface area contributed by atoms with Gasteiger partial charge in [0.25, 0.3) is 5.91 Å². The maximum Gasteiger partial charge on any atom is 0.251 e. The molecule has 1 atom stereocenters. The molecule has 0 spiro atoms. The van der Waals surface area contributed by atoms with Gasteiger partial charge in [-0.15, -0.1) is 0 Å². The van der Waals surface area contributed by atoms with Crippen molar-refractivity contribution < 1.29 is 4.79 Å². The van der Waals surface area contributed by atoms with E-state index in [1.807, 2.05) is 19.1 Å². The molecule has 0 saturated carbocycles. The average molecular weight is 190 g/mol. The minimum Gasteiger partial charge on any atom is -0.348 e. The average Bonchev–Trinajstić information content (AvgIpc) is 2.46. The summed E-state index contributed by atoms with van der Waals surface area (Å²) in [7, 11) is 0. The van der Waals surface area contributed by atoms with Crippen molar-refractivity contribution in [1.82, 2.24) is 5.32 Å². The van der Waals surface area contributed by atoms with Gasteiger partial charge in [-0.2, -0.15) is 0 Å². The van der Waals surface area contributed by atoms with Crippen LogP contribution in [0.1, 0.15) is 28.4 Å². The zero-order valence-corrected chi connectivity index (χ0v) is 8.21. The molecular weight excluding hydrogens is 176 g/mol. The molecule has 3 heteroatoms. The third-order valence-corrected chi connectivity index (χ3v) is 2.41. The van der Waals surface area contributed by atoms with E-state index < -0.39 is 0 Å². The summed E-state index contributed by atoms with van der Waals surface area (Å²) in [4.78, 5) is 11.3. The molecule has 14 heavy (non-hydrogen) atoms. The van der Waals surface area contributed by atoms with Crippen molar-refractivity contribution in [3.05, 3.63) is 34.9 Å². The number of nitrogens with one attached hydrogen (secondary N) is 1. The van der Waals surface area contributed by atoms with Gasteiger partial charge in [-0.25, -0.2) is 0 Å². The molecule has 1 heterocycles. The molecule has 1 aromatic carbocycles. The molecule has 0 radical (unpaired) electrons. The van der Waals surface area contributed by atoms with Crippen LogP contribution in [0.5, 0.6) is 0 Å². The summed E-state index contributed by atoms with van der Waals surface area (Å²) < 4.78 is 0. The van der Waals surface area contributed by atoms with E-state index in [0.29, 0.717) is 6.54 Å². The summed E-state index contributed by atoms with van der Waals surface area (Å²) in [5.74, 6) is 0.0346. The number of fused-ring (bicyclic) bond motifs is 1. The molecule has 3 N–H and O–H groups in total. The molecule has 0 bridgehead atoms. The Morgan fingerprint density at radius 3 is 3.07 bits per heavy atom. The standard InChI is InChI=1S/C11H14N2O/c1-7(12)4-8-2-3-10-9(5-8)6-13-11(10)14/h2-3,5,7H,4,6,12H2,1H3,(H,13,14). The highest BCUT2D eigenvalue weighted by Gasteiger charge is 2.18. The second-order valence-corrected chi connectivity index (χ2v) is 3.86. The Morgan fingerprint density at radius 2 is 2.36 bits per heavy atom. The number of hydrogen-bond donors (Lipinski definition) is 2. The zero-order valence-electron chi connectivity index (χ0n) is 8.21. The van der Waals surface area contributed by atoms with Crippen molar-refractivity contribution in [2.45, 2.75) is 25.9 Å². The van der Waals surface area contributed by atoms with Crippen molar-refractivity contribution >= 4 is 5.91 Å². The molecule has 1 amide bonds. The van der Waals surface area contributed by atoms with Crippen LogP contribution in [0, 0.1) is 0 Å². The van der Waals surface area contributed by atoms with Crippen LogP contribution < -0.4 is 11.1 Å². The molecule has 1 aromatic rings. The lowest BCUT2D eigenvalue weighted by Crippen LogP contribution is -2.17. The number of carbonyl (C=O) groups excluding carboxylic acids is 1. The summed E-state index contributed by atoms with van der Waals surface area (Å²) in [5, 5.41) is 2.80. The van der Waals surface area contributed by atoms with Gasteiger partial charge in [0.05, 0.1) is 0 Å². The third kappa shape index (κ3) is 1.63. The van der Waals surface area contributed by atoms with Gasteiger partial charge >= 0.3 is 0 Å². The lowest BCUT2D eigenvalue weighted by molar-refractivity contribution is 0.0966. The van der Waals surface area contributed by atoms with Gasteiger partial charge in [0.1, 0.15) is 0 Å². The molecule has 0 aromatic heterocycles. The van der Waals surface area contributed by atoms with Crippen molar-refractivity contribution in [2.24, 2.45) is 5.73 Å². The molecule has 1 aliphatic rings. The zero-order chi connectivity index (χ0) is 10.1. The van der Waals surface area contributed by atoms with Gasteiger partial charge in [0.15, 0.2) is 0 Å². The van der Waals surface area contributed by atoms with Crippen LogP contribution in [0.25, 0.3) is 0 Å². The van der Waals surface area contributed by atoms with Crippen molar-refractivity contribution in [2.75, 3.05) is 0 Å². The minimum atomic E-state index is 0.0346. The first-order valence-corrected chi connectivity index (χ1v) is 4.82. The van der Waals surface area contributed by atoms with E-state index in [4.69, 9.17) is 5.73 Å². The maximum atomic E-state index is 11.3. The highest BCUT2D eigenvalue weighted by atomic mass is 16.1. The number of nitrogens with two attached hydrogens (primary N) is 1. The molecule has 0 saturated heterocycles. The van der Waals surface area contributed by atoms with Crippen LogP contribution in [-0.2, 0) is 13.0 Å². The predicted octanol–water partition coefficient (Wildman–Crippen LogP) is 0.820. The minimum absolute atomic E-state index is 0.0346. The lowest BCUT2D eigenvalue weighted by atomic mass is 10.0. The molecular formula is C11H14N2O. The molecule has 0 aliphatic carbocycles. The second-order valence-electron chi connectivity index (χ2n) is 3.86. The predicted molar refractivity (Wildman–Crippen MR) is 55.0 cm³/mol. The summed E-state index contributed by atoms with van der Waals surface area (Å²) in [6.07, 6.45) is 0.863. The first-order chi connectivity index (χ1) is 6.66. The Morgan fingerprint density at radius 1 is 1.57 bits per heavy atom. The van der Waals surface area contributed by atoms with E-state index in [-0.39, 0.29) is 11.9 Å². The molecule has 74 valence electrons.